The molecule has 1 aromatic heterocycles. The summed E-state index contributed by atoms with van der Waals surface area (Å²) in [7, 11) is 0. The number of rotatable bonds is 6. The Balaban J connectivity index is 1.67. The molecule has 1 amide bonds. The Morgan fingerprint density at radius 2 is 1.96 bits per heavy atom. The second-order valence-corrected chi connectivity index (χ2v) is 6.50. The van der Waals surface area contributed by atoms with Crippen LogP contribution in [0.4, 0.5) is 4.39 Å². The summed E-state index contributed by atoms with van der Waals surface area (Å²) < 4.78 is 23.8. The Morgan fingerprint density at radius 1 is 1.27 bits per heavy atom. The van der Waals surface area contributed by atoms with E-state index >= 15 is 0 Å². The van der Waals surface area contributed by atoms with Gasteiger partial charge in [-0.1, -0.05) is 17.3 Å². The highest BCUT2D eigenvalue weighted by Gasteiger charge is 2.23. The van der Waals surface area contributed by atoms with Gasteiger partial charge in [-0.2, -0.15) is 0 Å². The minimum absolute atomic E-state index is 0.0203. The van der Waals surface area contributed by atoms with E-state index in [1.54, 1.807) is 19.1 Å². The fourth-order valence-electron chi connectivity index (χ4n) is 3.22. The van der Waals surface area contributed by atoms with Gasteiger partial charge >= 0.3 is 0 Å². The fourth-order valence-corrected chi connectivity index (χ4v) is 3.22. The maximum atomic E-state index is 13.3. The van der Waals surface area contributed by atoms with Crippen LogP contribution in [0.3, 0.4) is 0 Å². The first-order valence-electron chi connectivity index (χ1n) is 8.80. The molecule has 26 heavy (non-hydrogen) atoms. The third-order valence-corrected chi connectivity index (χ3v) is 4.75. The second kappa shape index (κ2) is 8.42. The molecule has 1 aliphatic heterocycles. The molecule has 1 saturated heterocycles. The molecule has 140 valence electrons. The molecule has 2 aromatic rings. The van der Waals surface area contributed by atoms with Crippen molar-refractivity contribution < 1.29 is 18.4 Å². The van der Waals surface area contributed by atoms with Gasteiger partial charge in [0.05, 0.1) is 31.4 Å². The summed E-state index contributed by atoms with van der Waals surface area (Å²) in [6.07, 6.45) is 0.237. The Hall–Kier alpha value is -2.25. The van der Waals surface area contributed by atoms with Crippen LogP contribution in [0, 0.1) is 19.7 Å². The number of morpholine rings is 1. The predicted molar refractivity (Wildman–Crippen MR) is 94.2 cm³/mol. The third kappa shape index (κ3) is 4.47. The van der Waals surface area contributed by atoms with Crippen molar-refractivity contribution in [1.29, 1.82) is 0 Å². The number of benzene rings is 1. The molecule has 1 fully saturated rings. The molecule has 3 rings (SSSR count). The van der Waals surface area contributed by atoms with Crippen LogP contribution in [0.15, 0.2) is 28.8 Å². The van der Waals surface area contributed by atoms with E-state index < -0.39 is 0 Å². The van der Waals surface area contributed by atoms with E-state index in [-0.39, 0.29) is 24.2 Å². The number of nitrogens with zero attached hydrogens (tertiary/aromatic N) is 2. The van der Waals surface area contributed by atoms with E-state index in [2.05, 4.69) is 15.4 Å². The standard InChI is InChI=1S/C19H24FN3O3/c1-13-17(14(2)26-22-13)11-19(24)21-12-18(23-7-9-25-10-8-23)15-3-5-16(20)6-4-15/h3-6,18H,7-12H2,1-2H3,(H,21,24)/t18-/m0/s1. The number of aromatic nitrogens is 1. The first-order valence-corrected chi connectivity index (χ1v) is 8.80. The molecule has 6 nitrogen and oxygen atoms in total. The topological polar surface area (TPSA) is 67.6 Å². The van der Waals surface area contributed by atoms with Gasteiger partial charge in [-0.05, 0) is 31.5 Å². The SMILES string of the molecule is Cc1noc(C)c1CC(=O)NC[C@@H](c1ccc(F)cc1)N1CCOCC1. The van der Waals surface area contributed by atoms with Crippen LogP contribution < -0.4 is 5.32 Å². The average molecular weight is 361 g/mol. The number of carbonyl (C=O) groups is 1. The number of nitrogens with one attached hydrogen (secondary N) is 1. The molecule has 0 unspecified atom stereocenters. The summed E-state index contributed by atoms with van der Waals surface area (Å²) in [5.74, 6) is 0.317. The molecule has 0 radical (unpaired) electrons. The number of carbonyl (C=O) groups excluding carboxylic acids is 1. The number of ether oxygens (including phenoxy) is 1. The van der Waals surface area contributed by atoms with Crippen molar-refractivity contribution in [2.75, 3.05) is 32.8 Å². The predicted octanol–water partition coefficient (Wildman–Crippen LogP) is 2.16. The van der Waals surface area contributed by atoms with Gasteiger partial charge in [-0.25, -0.2) is 4.39 Å². The number of hydrogen-bond donors (Lipinski definition) is 1. The van der Waals surface area contributed by atoms with E-state index in [1.165, 1.54) is 12.1 Å². The first-order chi connectivity index (χ1) is 12.5. The number of hydrogen-bond acceptors (Lipinski definition) is 5. The smallest absolute Gasteiger partial charge is 0.224 e. The summed E-state index contributed by atoms with van der Waals surface area (Å²) in [6, 6.07) is 6.43. The van der Waals surface area contributed by atoms with Gasteiger partial charge in [-0.3, -0.25) is 9.69 Å². The van der Waals surface area contributed by atoms with Crippen molar-refractivity contribution in [2.45, 2.75) is 26.3 Å². The van der Waals surface area contributed by atoms with Crippen LogP contribution in [-0.4, -0.2) is 48.8 Å². The van der Waals surface area contributed by atoms with Crippen LogP contribution in [-0.2, 0) is 16.0 Å². The van der Waals surface area contributed by atoms with Crippen molar-refractivity contribution in [3.63, 3.8) is 0 Å². The molecule has 0 spiro atoms. The van der Waals surface area contributed by atoms with Gasteiger partial charge < -0.3 is 14.6 Å². The molecule has 0 saturated carbocycles. The highest BCUT2D eigenvalue weighted by molar-refractivity contribution is 5.79. The lowest BCUT2D eigenvalue weighted by Gasteiger charge is -2.35. The van der Waals surface area contributed by atoms with Gasteiger partial charge in [0, 0.05) is 25.2 Å². The van der Waals surface area contributed by atoms with Gasteiger partial charge in [0.2, 0.25) is 5.91 Å². The van der Waals surface area contributed by atoms with Crippen LogP contribution >= 0.6 is 0 Å². The summed E-state index contributed by atoms with van der Waals surface area (Å²) >= 11 is 0. The molecule has 7 heteroatoms. The van der Waals surface area contributed by atoms with E-state index in [1.807, 2.05) is 6.92 Å². The maximum Gasteiger partial charge on any atom is 0.224 e. The Bertz CT molecular complexity index is 719. The minimum Gasteiger partial charge on any atom is -0.379 e. The first kappa shape index (κ1) is 18.5. The highest BCUT2D eigenvalue weighted by atomic mass is 19.1. The molecular weight excluding hydrogens is 337 g/mol. The quantitative estimate of drug-likeness (QED) is 0.854. The third-order valence-electron chi connectivity index (χ3n) is 4.75. The van der Waals surface area contributed by atoms with E-state index in [9.17, 15) is 9.18 Å². The van der Waals surface area contributed by atoms with Gasteiger partial charge in [-0.15, -0.1) is 0 Å². The minimum atomic E-state index is -0.267. The number of halogens is 1. The molecule has 1 N–H and O–H groups in total. The van der Waals surface area contributed by atoms with E-state index in [4.69, 9.17) is 9.26 Å². The lowest BCUT2D eigenvalue weighted by molar-refractivity contribution is -0.120. The van der Waals surface area contributed by atoms with Crippen molar-refractivity contribution in [2.24, 2.45) is 0 Å². The number of amides is 1. The zero-order chi connectivity index (χ0) is 18.5. The van der Waals surface area contributed by atoms with Crippen LogP contribution in [0.1, 0.15) is 28.6 Å². The summed E-state index contributed by atoms with van der Waals surface area (Å²) in [5, 5.41) is 6.88. The molecule has 0 aliphatic carbocycles. The van der Waals surface area contributed by atoms with Crippen molar-refractivity contribution in [3.8, 4) is 0 Å². The highest BCUT2D eigenvalue weighted by Crippen LogP contribution is 2.22. The van der Waals surface area contributed by atoms with Gasteiger partial charge in [0.1, 0.15) is 11.6 Å². The van der Waals surface area contributed by atoms with Crippen molar-refractivity contribution >= 4 is 5.91 Å². The molecule has 1 aromatic carbocycles. The summed E-state index contributed by atoms with van der Waals surface area (Å²) in [6.45, 7) is 6.96. The van der Waals surface area contributed by atoms with Gasteiger partial charge in [0.15, 0.2) is 0 Å². The van der Waals surface area contributed by atoms with Crippen molar-refractivity contribution in [3.05, 3.63) is 52.7 Å². The fraction of sp³-hybridized carbons (Fsp3) is 0.474. The van der Waals surface area contributed by atoms with E-state index in [0.717, 1.165) is 29.9 Å². The van der Waals surface area contributed by atoms with Crippen molar-refractivity contribution in [1.82, 2.24) is 15.4 Å². The zero-order valence-electron chi connectivity index (χ0n) is 15.1. The molecular formula is C19H24FN3O3. The Morgan fingerprint density at radius 3 is 2.58 bits per heavy atom. The average Bonchev–Trinajstić information content (AvgIpc) is 2.96. The lowest BCUT2D eigenvalue weighted by Crippen LogP contribution is -2.44. The lowest BCUT2D eigenvalue weighted by atomic mass is 10.0. The molecule has 1 atom stereocenters. The van der Waals surface area contributed by atoms with Crippen LogP contribution in [0.5, 0.6) is 0 Å². The van der Waals surface area contributed by atoms with Gasteiger partial charge in [0.25, 0.3) is 0 Å². The summed E-state index contributed by atoms with van der Waals surface area (Å²) in [4.78, 5) is 14.7. The molecule has 2 heterocycles. The normalized spacial score (nSPS) is 16.4. The van der Waals surface area contributed by atoms with Crippen LogP contribution in [0.2, 0.25) is 0 Å². The largest absolute Gasteiger partial charge is 0.379 e. The Labute approximate surface area is 152 Å². The van der Waals surface area contributed by atoms with E-state index in [0.29, 0.717) is 25.5 Å². The maximum absolute atomic E-state index is 13.3. The zero-order valence-corrected chi connectivity index (χ0v) is 15.1. The molecule has 1 aliphatic rings. The Kier molecular flexibility index (Phi) is 6.00. The monoisotopic (exact) mass is 361 g/mol. The molecule has 0 bridgehead atoms. The second-order valence-electron chi connectivity index (χ2n) is 6.50. The van der Waals surface area contributed by atoms with Crippen LogP contribution in [0.25, 0.3) is 0 Å². The summed E-state index contributed by atoms with van der Waals surface area (Å²) in [5.41, 5.74) is 2.54. The number of aryl methyl sites for hydroxylation is 2.